The summed E-state index contributed by atoms with van der Waals surface area (Å²) in [6.45, 7) is 2.58. The molecule has 0 spiro atoms. The number of hydrogen-bond donors (Lipinski definition) is 1. The van der Waals surface area contributed by atoms with Crippen molar-refractivity contribution < 1.29 is 19.1 Å². The first-order chi connectivity index (χ1) is 13.6. The number of amides is 1. The van der Waals surface area contributed by atoms with Gasteiger partial charge in [-0.2, -0.15) is 0 Å². The van der Waals surface area contributed by atoms with Crippen molar-refractivity contribution in [1.82, 2.24) is 5.32 Å². The van der Waals surface area contributed by atoms with Gasteiger partial charge in [-0.1, -0.05) is 29.8 Å². The maximum absolute atomic E-state index is 11.8. The van der Waals surface area contributed by atoms with Crippen LogP contribution in [0.15, 0.2) is 59.5 Å². The van der Waals surface area contributed by atoms with E-state index in [9.17, 15) is 9.59 Å². The lowest BCUT2D eigenvalue weighted by atomic mass is 10.2. The lowest BCUT2D eigenvalue weighted by Gasteiger charge is -2.07. The predicted octanol–water partition coefficient (Wildman–Crippen LogP) is 4.20. The molecule has 1 N–H and O–H groups in total. The van der Waals surface area contributed by atoms with Gasteiger partial charge in [0, 0.05) is 33.9 Å². The summed E-state index contributed by atoms with van der Waals surface area (Å²) in [5.74, 6) is 0.463. The normalized spacial score (nSPS) is 10.6. The molecule has 28 heavy (non-hydrogen) atoms. The van der Waals surface area contributed by atoms with Gasteiger partial charge in [-0.25, -0.2) is 4.79 Å². The maximum atomic E-state index is 11.8. The molecule has 0 saturated heterocycles. The van der Waals surface area contributed by atoms with Crippen molar-refractivity contribution in [1.29, 1.82) is 0 Å². The Morgan fingerprint density at radius 2 is 1.89 bits per heavy atom. The van der Waals surface area contributed by atoms with Crippen LogP contribution in [-0.4, -0.2) is 37.4 Å². The minimum atomic E-state index is -0.586. The third kappa shape index (κ3) is 8.06. The highest BCUT2D eigenvalue weighted by Crippen LogP contribution is 2.20. The zero-order valence-corrected chi connectivity index (χ0v) is 17.1. The Hall–Kier alpha value is -2.44. The summed E-state index contributed by atoms with van der Waals surface area (Å²) in [5.41, 5.74) is 0.768. The SMILES string of the molecule is CCOc1ccccc1/C=C/C(=O)OCC(=O)NCCSc1ccc(Cl)cc1. The van der Waals surface area contributed by atoms with Crippen LogP contribution in [0.3, 0.4) is 0 Å². The van der Waals surface area contributed by atoms with Gasteiger partial charge in [0.2, 0.25) is 0 Å². The molecule has 0 radical (unpaired) electrons. The van der Waals surface area contributed by atoms with Gasteiger partial charge < -0.3 is 14.8 Å². The Bertz CT molecular complexity index is 808. The van der Waals surface area contributed by atoms with E-state index in [0.717, 1.165) is 10.5 Å². The van der Waals surface area contributed by atoms with Gasteiger partial charge in [0.1, 0.15) is 5.75 Å². The van der Waals surface area contributed by atoms with E-state index in [0.29, 0.717) is 29.7 Å². The van der Waals surface area contributed by atoms with Crippen molar-refractivity contribution >= 4 is 41.3 Å². The molecule has 148 valence electrons. The molecule has 0 aromatic heterocycles. The standard InChI is InChI=1S/C21H22ClNO4S/c1-2-26-19-6-4-3-5-16(19)7-12-21(25)27-15-20(24)23-13-14-28-18-10-8-17(22)9-11-18/h3-12H,2,13-15H2,1H3,(H,23,24)/b12-7+. The second kappa shape index (κ2) is 12.1. The quantitative estimate of drug-likeness (QED) is 0.270. The van der Waals surface area contributed by atoms with E-state index in [1.54, 1.807) is 17.8 Å². The number of carbonyl (C=O) groups is 2. The highest BCUT2D eigenvalue weighted by molar-refractivity contribution is 7.99. The van der Waals surface area contributed by atoms with Crippen molar-refractivity contribution in [2.24, 2.45) is 0 Å². The minimum absolute atomic E-state index is 0.318. The molecule has 0 aliphatic heterocycles. The summed E-state index contributed by atoms with van der Waals surface area (Å²) in [6, 6.07) is 14.9. The number of carbonyl (C=O) groups excluding carboxylic acids is 2. The smallest absolute Gasteiger partial charge is 0.331 e. The summed E-state index contributed by atoms with van der Waals surface area (Å²) in [7, 11) is 0. The maximum Gasteiger partial charge on any atom is 0.331 e. The van der Waals surface area contributed by atoms with Crippen LogP contribution in [0, 0.1) is 0 Å². The van der Waals surface area contributed by atoms with Crippen molar-refractivity contribution in [2.45, 2.75) is 11.8 Å². The molecule has 1 amide bonds. The molecule has 0 aliphatic rings. The molecule has 0 unspecified atom stereocenters. The Morgan fingerprint density at radius 1 is 1.14 bits per heavy atom. The predicted molar refractivity (Wildman–Crippen MR) is 113 cm³/mol. The lowest BCUT2D eigenvalue weighted by molar-refractivity contribution is -0.143. The molecule has 2 rings (SSSR count). The van der Waals surface area contributed by atoms with Crippen molar-refractivity contribution in [3.05, 3.63) is 65.2 Å². The van der Waals surface area contributed by atoms with Crippen molar-refractivity contribution in [2.75, 3.05) is 25.5 Å². The third-order valence-corrected chi connectivity index (χ3v) is 4.74. The summed E-state index contributed by atoms with van der Waals surface area (Å²) >= 11 is 7.44. The zero-order chi connectivity index (χ0) is 20.2. The van der Waals surface area contributed by atoms with E-state index in [1.807, 2.05) is 55.5 Å². The average molecular weight is 420 g/mol. The molecule has 0 heterocycles. The van der Waals surface area contributed by atoms with Crippen LogP contribution in [0.4, 0.5) is 0 Å². The van der Waals surface area contributed by atoms with Crippen LogP contribution >= 0.6 is 23.4 Å². The highest BCUT2D eigenvalue weighted by atomic mass is 35.5. The van der Waals surface area contributed by atoms with Gasteiger partial charge in [0.05, 0.1) is 6.61 Å². The Labute approximate surface area is 174 Å². The van der Waals surface area contributed by atoms with E-state index in [1.165, 1.54) is 6.08 Å². The molecule has 0 aliphatic carbocycles. The van der Waals surface area contributed by atoms with E-state index >= 15 is 0 Å². The first-order valence-electron chi connectivity index (χ1n) is 8.80. The van der Waals surface area contributed by atoms with Crippen LogP contribution in [-0.2, 0) is 14.3 Å². The molecule has 2 aromatic rings. The summed E-state index contributed by atoms with van der Waals surface area (Å²) < 4.78 is 10.4. The van der Waals surface area contributed by atoms with E-state index in [4.69, 9.17) is 21.1 Å². The van der Waals surface area contributed by atoms with E-state index in [-0.39, 0.29) is 12.5 Å². The zero-order valence-electron chi connectivity index (χ0n) is 15.5. The van der Waals surface area contributed by atoms with Crippen LogP contribution < -0.4 is 10.1 Å². The Morgan fingerprint density at radius 3 is 2.64 bits per heavy atom. The number of para-hydroxylation sites is 1. The summed E-state index contributed by atoms with van der Waals surface area (Å²) in [4.78, 5) is 24.6. The molecule has 7 heteroatoms. The number of hydrogen-bond acceptors (Lipinski definition) is 5. The first-order valence-corrected chi connectivity index (χ1v) is 10.2. The number of nitrogens with one attached hydrogen (secondary N) is 1. The van der Waals surface area contributed by atoms with Gasteiger partial charge in [-0.05, 0) is 43.3 Å². The van der Waals surface area contributed by atoms with Gasteiger partial charge in [-0.15, -0.1) is 11.8 Å². The lowest BCUT2D eigenvalue weighted by Crippen LogP contribution is -2.30. The molecular weight excluding hydrogens is 398 g/mol. The summed E-state index contributed by atoms with van der Waals surface area (Å²) in [5, 5.41) is 3.40. The minimum Gasteiger partial charge on any atom is -0.493 e. The van der Waals surface area contributed by atoms with Gasteiger partial charge in [0.15, 0.2) is 6.61 Å². The molecule has 2 aromatic carbocycles. The van der Waals surface area contributed by atoms with Gasteiger partial charge >= 0.3 is 5.97 Å². The number of halogens is 1. The fraction of sp³-hybridized carbons (Fsp3) is 0.238. The summed E-state index contributed by atoms with van der Waals surface area (Å²) in [6.07, 6.45) is 2.88. The molecule has 0 saturated carbocycles. The number of esters is 1. The van der Waals surface area contributed by atoms with Crippen molar-refractivity contribution in [3.8, 4) is 5.75 Å². The largest absolute Gasteiger partial charge is 0.493 e. The molecule has 5 nitrogen and oxygen atoms in total. The third-order valence-electron chi connectivity index (χ3n) is 3.47. The van der Waals surface area contributed by atoms with Crippen LogP contribution in [0.2, 0.25) is 5.02 Å². The fourth-order valence-electron chi connectivity index (χ4n) is 2.19. The average Bonchev–Trinajstić information content (AvgIpc) is 2.70. The Balaban J connectivity index is 1.66. The van der Waals surface area contributed by atoms with Crippen LogP contribution in [0.1, 0.15) is 12.5 Å². The van der Waals surface area contributed by atoms with Gasteiger partial charge in [-0.3, -0.25) is 4.79 Å². The second-order valence-corrected chi connectivity index (χ2v) is 7.17. The second-order valence-electron chi connectivity index (χ2n) is 5.56. The number of rotatable bonds is 10. The van der Waals surface area contributed by atoms with E-state index in [2.05, 4.69) is 5.32 Å². The first kappa shape index (κ1) is 21.9. The van der Waals surface area contributed by atoms with Crippen molar-refractivity contribution in [3.63, 3.8) is 0 Å². The molecular formula is C21H22ClNO4S. The molecule has 0 fully saturated rings. The van der Waals surface area contributed by atoms with Crippen LogP contribution in [0.5, 0.6) is 5.75 Å². The number of benzene rings is 2. The van der Waals surface area contributed by atoms with E-state index < -0.39 is 5.97 Å². The fourth-order valence-corrected chi connectivity index (χ4v) is 3.08. The molecule has 0 atom stereocenters. The van der Waals surface area contributed by atoms with Gasteiger partial charge in [0.25, 0.3) is 5.91 Å². The van der Waals surface area contributed by atoms with Crippen LogP contribution in [0.25, 0.3) is 6.08 Å². The number of thioether (sulfide) groups is 1. The highest BCUT2D eigenvalue weighted by Gasteiger charge is 2.05. The number of ether oxygens (including phenoxy) is 2. The Kier molecular flexibility index (Phi) is 9.45. The molecule has 0 bridgehead atoms. The topological polar surface area (TPSA) is 64.6 Å². The monoisotopic (exact) mass is 419 g/mol.